The standard InChI is InChI=1S/C13H24N4O2/c1-3-5-7-8-15-11-10-12(19-9-6-4-2)16-13(14)17(11)18/h10,15H,3-9H2,1-2H3,(H2,14,16). The van der Waals surface area contributed by atoms with Crippen LogP contribution in [0.5, 0.6) is 5.88 Å². The highest BCUT2D eigenvalue weighted by Crippen LogP contribution is 2.13. The molecule has 6 nitrogen and oxygen atoms in total. The molecule has 0 aliphatic rings. The molecule has 1 heterocycles. The molecule has 0 bridgehead atoms. The summed E-state index contributed by atoms with van der Waals surface area (Å²) in [5, 5.41) is 14.8. The zero-order valence-electron chi connectivity index (χ0n) is 11.8. The van der Waals surface area contributed by atoms with Gasteiger partial charge in [-0.05, 0) is 12.8 Å². The average Bonchev–Trinajstić information content (AvgIpc) is 2.40. The Morgan fingerprint density at radius 3 is 2.74 bits per heavy atom. The van der Waals surface area contributed by atoms with Crippen molar-refractivity contribution in [2.24, 2.45) is 0 Å². The smallest absolute Gasteiger partial charge is 0.347 e. The molecular formula is C13H24N4O2. The van der Waals surface area contributed by atoms with Crippen LogP contribution >= 0.6 is 0 Å². The molecule has 0 aliphatic heterocycles. The summed E-state index contributed by atoms with van der Waals surface area (Å²) in [5.41, 5.74) is 5.58. The highest BCUT2D eigenvalue weighted by atomic mass is 16.5. The number of nitrogens with one attached hydrogen (secondary N) is 1. The number of hydrogen-bond donors (Lipinski definition) is 2. The van der Waals surface area contributed by atoms with E-state index in [-0.39, 0.29) is 5.95 Å². The zero-order valence-corrected chi connectivity index (χ0v) is 11.8. The third-order valence-electron chi connectivity index (χ3n) is 2.75. The van der Waals surface area contributed by atoms with E-state index in [9.17, 15) is 5.21 Å². The maximum absolute atomic E-state index is 11.7. The topological polar surface area (TPSA) is 87.1 Å². The second kappa shape index (κ2) is 8.39. The minimum absolute atomic E-state index is 0.0908. The van der Waals surface area contributed by atoms with Crippen molar-refractivity contribution in [2.75, 3.05) is 24.2 Å². The Morgan fingerprint density at radius 2 is 2.05 bits per heavy atom. The molecule has 0 saturated carbocycles. The summed E-state index contributed by atoms with van der Waals surface area (Å²) in [6, 6.07) is 1.60. The highest BCUT2D eigenvalue weighted by molar-refractivity contribution is 5.36. The molecule has 3 N–H and O–H groups in total. The van der Waals surface area contributed by atoms with Gasteiger partial charge < -0.3 is 21.0 Å². The van der Waals surface area contributed by atoms with E-state index < -0.39 is 0 Å². The van der Waals surface area contributed by atoms with Gasteiger partial charge in [-0.15, -0.1) is 0 Å². The summed E-state index contributed by atoms with van der Waals surface area (Å²) < 4.78 is 6.06. The number of ether oxygens (including phenoxy) is 1. The van der Waals surface area contributed by atoms with Crippen molar-refractivity contribution in [3.8, 4) is 5.88 Å². The maximum Gasteiger partial charge on any atom is 0.347 e. The third-order valence-corrected chi connectivity index (χ3v) is 2.75. The van der Waals surface area contributed by atoms with Crippen LogP contribution in [-0.4, -0.2) is 18.1 Å². The van der Waals surface area contributed by atoms with Crippen LogP contribution in [-0.2, 0) is 0 Å². The van der Waals surface area contributed by atoms with Crippen molar-refractivity contribution in [2.45, 2.75) is 46.0 Å². The van der Waals surface area contributed by atoms with Gasteiger partial charge in [0, 0.05) is 6.54 Å². The second-order valence-electron chi connectivity index (χ2n) is 4.47. The first kappa shape index (κ1) is 15.3. The largest absolute Gasteiger partial charge is 0.754 e. The Morgan fingerprint density at radius 1 is 1.32 bits per heavy atom. The van der Waals surface area contributed by atoms with Gasteiger partial charge in [0.25, 0.3) is 5.88 Å². The lowest BCUT2D eigenvalue weighted by atomic mass is 10.2. The van der Waals surface area contributed by atoms with E-state index in [1.165, 1.54) is 0 Å². The average molecular weight is 268 g/mol. The maximum atomic E-state index is 11.7. The van der Waals surface area contributed by atoms with Crippen molar-refractivity contribution in [1.29, 1.82) is 0 Å². The van der Waals surface area contributed by atoms with E-state index in [4.69, 9.17) is 10.5 Å². The molecule has 108 valence electrons. The van der Waals surface area contributed by atoms with Gasteiger partial charge in [0.15, 0.2) is 0 Å². The van der Waals surface area contributed by atoms with Crippen LogP contribution in [0.1, 0.15) is 46.0 Å². The Hall–Kier alpha value is -1.72. The predicted octanol–water partition coefficient (Wildman–Crippen LogP) is 2.08. The van der Waals surface area contributed by atoms with Gasteiger partial charge >= 0.3 is 5.95 Å². The van der Waals surface area contributed by atoms with E-state index in [0.717, 1.165) is 38.6 Å². The van der Waals surface area contributed by atoms with E-state index >= 15 is 0 Å². The molecule has 0 fully saturated rings. The Labute approximate surface area is 114 Å². The van der Waals surface area contributed by atoms with Gasteiger partial charge in [-0.25, -0.2) is 4.73 Å². The normalized spacial score (nSPS) is 10.4. The molecular weight excluding hydrogens is 244 g/mol. The summed E-state index contributed by atoms with van der Waals surface area (Å²) in [5.74, 6) is 0.707. The van der Waals surface area contributed by atoms with Crippen LogP contribution < -0.4 is 20.5 Å². The lowest BCUT2D eigenvalue weighted by Crippen LogP contribution is -2.36. The molecule has 19 heavy (non-hydrogen) atoms. The van der Waals surface area contributed by atoms with Gasteiger partial charge in [-0.2, -0.15) is 0 Å². The summed E-state index contributed by atoms with van der Waals surface area (Å²) in [4.78, 5) is 3.92. The Kier molecular flexibility index (Phi) is 6.78. The molecule has 0 radical (unpaired) electrons. The number of aromatic nitrogens is 2. The molecule has 1 aromatic heterocycles. The predicted molar refractivity (Wildman–Crippen MR) is 76.0 cm³/mol. The van der Waals surface area contributed by atoms with Crippen LogP contribution in [0.25, 0.3) is 0 Å². The minimum Gasteiger partial charge on any atom is -0.754 e. The van der Waals surface area contributed by atoms with Crippen LogP contribution in [0.3, 0.4) is 0 Å². The van der Waals surface area contributed by atoms with E-state index in [0.29, 0.717) is 23.0 Å². The fourth-order valence-corrected chi connectivity index (χ4v) is 1.60. The van der Waals surface area contributed by atoms with E-state index in [2.05, 4.69) is 24.1 Å². The van der Waals surface area contributed by atoms with Crippen molar-refractivity contribution in [1.82, 2.24) is 4.98 Å². The zero-order chi connectivity index (χ0) is 14.1. The van der Waals surface area contributed by atoms with E-state index in [1.807, 2.05) is 0 Å². The molecule has 6 heteroatoms. The van der Waals surface area contributed by atoms with Crippen molar-refractivity contribution >= 4 is 11.8 Å². The number of nitrogens with zero attached hydrogens (tertiary/aromatic N) is 2. The van der Waals surface area contributed by atoms with Crippen molar-refractivity contribution in [3.63, 3.8) is 0 Å². The number of anilines is 2. The molecule has 0 aliphatic carbocycles. The van der Waals surface area contributed by atoms with Gasteiger partial charge in [-0.3, -0.25) is 0 Å². The van der Waals surface area contributed by atoms with Gasteiger partial charge in [0.2, 0.25) is 5.82 Å². The number of hydrogen-bond acceptors (Lipinski definition) is 5. The molecule has 0 spiro atoms. The van der Waals surface area contributed by atoms with Crippen molar-refractivity contribution in [3.05, 3.63) is 11.3 Å². The molecule has 0 unspecified atom stereocenters. The molecule has 1 aromatic rings. The molecule has 0 amide bonds. The Balaban J connectivity index is 2.62. The second-order valence-corrected chi connectivity index (χ2v) is 4.47. The monoisotopic (exact) mass is 268 g/mol. The quantitative estimate of drug-likeness (QED) is 0.407. The van der Waals surface area contributed by atoms with E-state index in [1.54, 1.807) is 6.07 Å². The van der Waals surface area contributed by atoms with Crippen LogP contribution in [0.4, 0.5) is 11.8 Å². The van der Waals surface area contributed by atoms with Crippen LogP contribution in [0, 0.1) is 5.21 Å². The first-order chi connectivity index (χ1) is 9.19. The number of nitrogen functional groups attached to an aromatic ring is 1. The molecule has 0 atom stereocenters. The van der Waals surface area contributed by atoms with Crippen LogP contribution in [0.15, 0.2) is 6.07 Å². The van der Waals surface area contributed by atoms with Gasteiger partial charge in [0.05, 0.1) is 12.7 Å². The van der Waals surface area contributed by atoms with Crippen molar-refractivity contribution < 1.29 is 9.47 Å². The number of nitrogens with two attached hydrogens (primary N) is 1. The molecule has 0 saturated heterocycles. The first-order valence-corrected chi connectivity index (χ1v) is 6.95. The summed E-state index contributed by atoms with van der Waals surface area (Å²) in [6.07, 6.45) is 5.29. The number of unbranched alkanes of at least 4 members (excludes halogenated alkanes) is 3. The first-order valence-electron chi connectivity index (χ1n) is 6.95. The Bertz CT molecular complexity index is 385. The summed E-state index contributed by atoms with van der Waals surface area (Å²) >= 11 is 0. The lowest BCUT2D eigenvalue weighted by Gasteiger charge is -2.14. The van der Waals surface area contributed by atoms with Gasteiger partial charge in [0.1, 0.15) is 0 Å². The number of rotatable bonds is 9. The minimum atomic E-state index is -0.0908. The lowest BCUT2D eigenvalue weighted by molar-refractivity contribution is -0.577. The fraction of sp³-hybridized carbons (Fsp3) is 0.692. The fourth-order valence-electron chi connectivity index (χ4n) is 1.60. The molecule has 0 aromatic carbocycles. The summed E-state index contributed by atoms with van der Waals surface area (Å²) in [7, 11) is 0. The van der Waals surface area contributed by atoms with Crippen LogP contribution in [0.2, 0.25) is 0 Å². The highest BCUT2D eigenvalue weighted by Gasteiger charge is 2.11. The van der Waals surface area contributed by atoms with Gasteiger partial charge in [-0.1, -0.05) is 38.1 Å². The third kappa shape index (κ3) is 5.19. The molecule has 1 rings (SSSR count). The summed E-state index contributed by atoms with van der Waals surface area (Å²) in [6.45, 7) is 5.55. The SMILES string of the molecule is CCCCCNc1cc(OCCCC)nc(N)[n+]1[O-].